The number of aldehydes is 1. The molecule has 0 saturated heterocycles. The second-order valence-corrected chi connectivity index (χ2v) is 3.05. The SMILES string of the molecule is O=CC#Cc1cnc(-c2ccccc2)nc1. The summed E-state index contributed by atoms with van der Waals surface area (Å²) in [6.07, 6.45) is 3.75. The Morgan fingerprint density at radius 1 is 1.06 bits per heavy atom. The first kappa shape index (κ1) is 10.1. The summed E-state index contributed by atoms with van der Waals surface area (Å²) in [5.74, 6) is 5.59. The van der Waals surface area contributed by atoms with Gasteiger partial charge in [-0.1, -0.05) is 36.3 Å². The summed E-state index contributed by atoms with van der Waals surface area (Å²) in [5.41, 5.74) is 1.59. The molecule has 3 nitrogen and oxygen atoms in total. The highest BCUT2D eigenvalue weighted by atomic mass is 16.1. The average Bonchev–Trinajstić information content (AvgIpc) is 2.38. The maximum absolute atomic E-state index is 10.1. The van der Waals surface area contributed by atoms with Crippen LogP contribution >= 0.6 is 0 Å². The van der Waals surface area contributed by atoms with Crippen LogP contribution in [0, 0.1) is 11.8 Å². The first-order valence-electron chi connectivity index (χ1n) is 4.73. The minimum Gasteiger partial charge on any atom is -0.289 e. The molecule has 0 aliphatic carbocycles. The first-order chi connectivity index (χ1) is 7.90. The molecular formula is C13H8N2O. The van der Waals surface area contributed by atoms with Crippen LogP contribution in [0.5, 0.6) is 0 Å². The molecule has 0 aliphatic rings. The topological polar surface area (TPSA) is 42.9 Å². The van der Waals surface area contributed by atoms with Crippen LogP contribution < -0.4 is 0 Å². The summed E-state index contributed by atoms with van der Waals surface area (Å²) in [5, 5.41) is 0. The van der Waals surface area contributed by atoms with Gasteiger partial charge >= 0.3 is 0 Å². The molecule has 2 rings (SSSR count). The molecule has 0 amide bonds. The lowest BCUT2D eigenvalue weighted by atomic mass is 10.2. The van der Waals surface area contributed by atoms with E-state index < -0.39 is 0 Å². The van der Waals surface area contributed by atoms with Crippen LogP contribution in [0.2, 0.25) is 0 Å². The van der Waals surface area contributed by atoms with Crippen LogP contribution in [0.1, 0.15) is 5.56 Å². The van der Waals surface area contributed by atoms with Gasteiger partial charge in [0.05, 0.1) is 5.56 Å². The highest BCUT2D eigenvalue weighted by Gasteiger charge is 1.98. The van der Waals surface area contributed by atoms with Gasteiger partial charge in [0.2, 0.25) is 0 Å². The third kappa shape index (κ3) is 2.31. The van der Waals surface area contributed by atoms with Gasteiger partial charge in [0.15, 0.2) is 12.1 Å². The predicted octanol–water partition coefficient (Wildman–Crippen LogP) is 1.69. The molecule has 16 heavy (non-hydrogen) atoms. The standard InChI is InChI=1S/C13H8N2O/c16-8-4-5-11-9-14-13(15-10-11)12-6-2-1-3-7-12/h1-3,6-10H. The summed E-state index contributed by atoms with van der Waals surface area (Å²) in [6, 6.07) is 9.67. The Bertz CT molecular complexity index is 536. The van der Waals surface area contributed by atoms with Gasteiger partial charge in [-0.2, -0.15) is 0 Å². The Morgan fingerprint density at radius 2 is 1.75 bits per heavy atom. The lowest BCUT2D eigenvalue weighted by molar-refractivity contribution is -0.103. The normalized spacial score (nSPS) is 9.00. The Balaban J connectivity index is 2.30. The third-order valence-corrected chi connectivity index (χ3v) is 1.96. The minimum absolute atomic E-state index is 0.547. The van der Waals surface area contributed by atoms with E-state index in [4.69, 9.17) is 0 Å². The zero-order valence-corrected chi connectivity index (χ0v) is 8.42. The number of hydrogen-bond acceptors (Lipinski definition) is 3. The van der Waals surface area contributed by atoms with Crippen molar-refractivity contribution in [1.29, 1.82) is 0 Å². The number of aromatic nitrogens is 2. The number of carbonyl (C=O) groups is 1. The summed E-state index contributed by atoms with van der Waals surface area (Å²) in [4.78, 5) is 18.4. The monoisotopic (exact) mass is 208 g/mol. The van der Waals surface area contributed by atoms with E-state index in [1.54, 1.807) is 12.4 Å². The molecule has 1 aromatic carbocycles. The minimum atomic E-state index is 0.547. The third-order valence-electron chi connectivity index (χ3n) is 1.96. The van der Waals surface area contributed by atoms with Crippen LogP contribution in [-0.4, -0.2) is 16.3 Å². The maximum atomic E-state index is 10.1. The summed E-state index contributed by atoms with van der Waals surface area (Å²) in [7, 11) is 0. The predicted molar refractivity (Wildman–Crippen MR) is 60.4 cm³/mol. The van der Waals surface area contributed by atoms with Crippen molar-refractivity contribution in [1.82, 2.24) is 9.97 Å². The van der Waals surface area contributed by atoms with Crippen molar-refractivity contribution in [3.8, 4) is 23.2 Å². The van der Waals surface area contributed by atoms with E-state index in [0.717, 1.165) is 5.56 Å². The zero-order chi connectivity index (χ0) is 11.2. The summed E-state index contributed by atoms with van der Waals surface area (Å²) in [6.45, 7) is 0. The van der Waals surface area contributed by atoms with E-state index in [1.807, 2.05) is 30.3 Å². The van der Waals surface area contributed by atoms with Crippen molar-refractivity contribution in [2.24, 2.45) is 0 Å². The van der Waals surface area contributed by atoms with Crippen LogP contribution in [0.4, 0.5) is 0 Å². The molecule has 0 saturated carbocycles. The van der Waals surface area contributed by atoms with Gasteiger partial charge in [-0.15, -0.1) is 0 Å². The molecule has 2 aromatic rings. The lowest BCUT2D eigenvalue weighted by Gasteiger charge is -1.98. The average molecular weight is 208 g/mol. The van der Waals surface area contributed by atoms with Crippen molar-refractivity contribution < 1.29 is 4.79 Å². The zero-order valence-electron chi connectivity index (χ0n) is 8.42. The largest absolute Gasteiger partial charge is 0.289 e. The fourth-order valence-electron chi connectivity index (χ4n) is 1.24. The van der Waals surface area contributed by atoms with Crippen molar-refractivity contribution >= 4 is 6.29 Å². The van der Waals surface area contributed by atoms with Gasteiger partial charge < -0.3 is 0 Å². The van der Waals surface area contributed by atoms with Crippen LogP contribution in [-0.2, 0) is 4.79 Å². The molecule has 0 bridgehead atoms. The van der Waals surface area contributed by atoms with Crippen LogP contribution in [0.3, 0.4) is 0 Å². The Labute approximate surface area is 93.2 Å². The number of benzene rings is 1. The van der Waals surface area contributed by atoms with E-state index >= 15 is 0 Å². The van der Waals surface area contributed by atoms with Crippen molar-refractivity contribution in [3.63, 3.8) is 0 Å². The molecule has 3 heteroatoms. The smallest absolute Gasteiger partial charge is 0.193 e. The fraction of sp³-hybridized carbons (Fsp3) is 0. The molecule has 0 atom stereocenters. The van der Waals surface area contributed by atoms with Gasteiger partial charge in [0.1, 0.15) is 0 Å². The Morgan fingerprint density at radius 3 is 2.38 bits per heavy atom. The number of nitrogens with zero attached hydrogens (tertiary/aromatic N) is 2. The van der Waals surface area contributed by atoms with Gasteiger partial charge in [-0.05, 0) is 5.92 Å². The van der Waals surface area contributed by atoms with Gasteiger partial charge in [-0.3, -0.25) is 4.79 Å². The van der Waals surface area contributed by atoms with Crippen molar-refractivity contribution in [2.45, 2.75) is 0 Å². The molecule has 0 spiro atoms. The van der Waals surface area contributed by atoms with Gasteiger partial charge in [0.25, 0.3) is 0 Å². The Hall–Kier alpha value is -2.47. The molecule has 1 heterocycles. The molecule has 76 valence electrons. The highest BCUT2D eigenvalue weighted by molar-refractivity contribution is 5.73. The van der Waals surface area contributed by atoms with E-state index in [2.05, 4.69) is 21.8 Å². The lowest BCUT2D eigenvalue weighted by Crippen LogP contribution is -1.89. The van der Waals surface area contributed by atoms with Crippen LogP contribution in [0.25, 0.3) is 11.4 Å². The summed E-state index contributed by atoms with van der Waals surface area (Å²) >= 11 is 0. The Kier molecular flexibility index (Phi) is 3.05. The van der Waals surface area contributed by atoms with E-state index in [9.17, 15) is 4.79 Å². The first-order valence-corrected chi connectivity index (χ1v) is 4.73. The number of hydrogen-bond donors (Lipinski definition) is 0. The molecule has 0 radical (unpaired) electrons. The quantitative estimate of drug-likeness (QED) is 0.529. The molecule has 0 unspecified atom stereocenters. The second kappa shape index (κ2) is 4.85. The van der Waals surface area contributed by atoms with Crippen molar-refractivity contribution in [3.05, 3.63) is 48.3 Å². The second-order valence-electron chi connectivity index (χ2n) is 3.05. The molecular weight excluding hydrogens is 200 g/mol. The number of carbonyl (C=O) groups excluding carboxylic acids is 1. The van der Waals surface area contributed by atoms with Crippen molar-refractivity contribution in [2.75, 3.05) is 0 Å². The van der Waals surface area contributed by atoms with E-state index in [-0.39, 0.29) is 0 Å². The summed E-state index contributed by atoms with van der Waals surface area (Å²) < 4.78 is 0. The molecule has 0 N–H and O–H groups in total. The molecule has 0 fully saturated rings. The molecule has 1 aromatic heterocycles. The highest BCUT2D eigenvalue weighted by Crippen LogP contribution is 2.12. The van der Waals surface area contributed by atoms with Gasteiger partial charge in [0, 0.05) is 18.0 Å². The van der Waals surface area contributed by atoms with Crippen LogP contribution in [0.15, 0.2) is 42.7 Å². The molecule has 0 aliphatic heterocycles. The van der Waals surface area contributed by atoms with E-state index in [1.165, 1.54) is 0 Å². The fourth-order valence-corrected chi connectivity index (χ4v) is 1.24. The van der Waals surface area contributed by atoms with Gasteiger partial charge in [-0.25, -0.2) is 9.97 Å². The number of rotatable bonds is 1. The maximum Gasteiger partial charge on any atom is 0.193 e. The van der Waals surface area contributed by atoms with E-state index in [0.29, 0.717) is 17.7 Å².